The molecular weight excluding hydrogens is 476 g/mol. The lowest BCUT2D eigenvalue weighted by atomic mass is 10.1. The number of esters is 2. The van der Waals surface area contributed by atoms with E-state index in [1.165, 1.54) is 36.7 Å². The molecule has 0 aromatic heterocycles. The Labute approximate surface area is 184 Å². The van der Waals surface area contributed by atoms with Gasteiger partial charge in [0.25, 0.3) is 10.0 Å². The summed E-state index contributed by atoms with van der Waals surface area (Å²) in [6.45, 7) is 0.605. The van der Waals surface area contributed by atoms with E-state index in [2.05, 4.69) is 15.9 Å². The molecule has 0 spiro atoms. The van der Waals surface area contributed by atoms with E-state index in [-0.39, 0.29) is 22.6 Å². The highest BCUT2D eigenvalue weighted by Gasteiger charge is 2.28. The number of rotatable bonds is 8. The van der Waals surface area contributed by atoms with Crippen LogP contribution in [0.25, 0.3) is 0 Å². The van der Waals surface area contributed by atoms with E-state index in [4.69, 9.17) is 9.47 Å². The van der Waals surface area contributed by atoms with Crippen LogP contribution in [-0.2, 0) is 19.5 Å². The molecule has 0 radical (unpaired) electrons. The fourth-order valence-corrected chi connectivity index (χ4v) is 4.56. The average Bonchev–Trinajstić information content (AvgIpc) is 2.72. The summed E-state index contributed by atoms with van der Waals surface area (Å²) in [5, 5.41) is 0. The molecule has 0 saturated carbocycles. The van der Waals surface area contributed by atoms with Crippen LogP contribution >= 0.6 is 15.9 Å². The van der Waals surface area contributed by atoms with Gasteiger partial charge in [0, 0.05) is 17.6 Å². The summed E-state index contributed by atoms with van der Waals surface area (Å²) in [6, 6.07) is 10.5. The first-order valence-corrected chi connectivity index (χ1v) is 11.1. The lowest BCUT2D eigenvalue weighted by Gasteiger charge is -2.26. The van der Waals surface area contributed by atoms with E-state index in [9.17, 15) is 18.0 Å². The molecule has 0 heterocycles. The summed E-state index contributed by atoms with van der Waals surface area (Å²) in [5.41, 5.74) is 0.302. The molecule has 0 amide bonds. The molecule has 30 heavy (non-hydrogen) atoms. The van der Waals surface area contributed by atoms with Crippen molar-refractivity contribution in [1.29, 1.82) is 0 Å². The third kappa shape index (κ3) is 5.59. The van der Waals surface area contributed by atoms with Gasteiger partial charge < -0.3 is 14.4 Å². The molecule has 2 rings (SSSR count). The van der Waals surface area contributed by atoms with E-state index < -0.39 is 22.0 Å². The topological polar surface area (TPSA) is 93.2 Å². The number of ether oxygens (including phenoxy) is 2. The second-order valence-electron chi connectivity index (χ2n) is 6.59. The number of halogens is 1. The van der Waals surface area contributed by atoms with Crippen LogP contribution in [0.5, 0.6) is 0 Å². The number of benzene rings is 2. The molecule has 0 fully saturated rings. The van der Waals surface area contributed by atoms with E-state index in [0.29, 0.717) is 16.7 Å². The second-order valence-corrected chi connectivity index (χ2v) is 9.37. The minimum atomic E-state index is -4.12. The molecule has 0 aliphatic rings. The zero-order valence-electron chi connectivity index (χ0n) is 17.1. The van der Waals surface area contributed by atoms with Gasteiger partial charge >= 0.3 is 11.9 Å². The number of methoxy groups -OCH3 is 2. The van der Waals surface area contributed by atoms with Crippen LogP contribution < -0.4 is 4.31 Å². The maximum absolute atomic E-state index is 13.6. The normalized spacial score (nSPS) is 11.3. The largest absolute Gasteiger partial charge is 0.465 e. The van der Waals surface area contributed by atoms with Gasteiger partial charge in [0.15, 0.2) is 0 Å². The Morgan fingerprint density at radius 2 is 1.50 bits per heavy atom. The van der Waals surface area contributed by atoms with E-state index >= 15 is 0 Å². The van der Waals surface area contributed by atoms with Gasteiger partial charge in [-0.1, -0.05) is 22.0 Å². The van der Waals surface area contributed by atoms with Crippen molar-refractivity contribution in [3.63, 3.8) is 0 Å². The molecule has 0 unspecified atom stereocenters. The van der Waals surface area contributed by atoms with Crippen molar-refractivity contribution in [3.05, 3.63) is 58.1 Å². The Kier molecular flexibility index (Phi) is 7.99. The molecule has 0 aliphatic heterocycles. The molecule has 0 bridgehead atoms. The number of nitrogens with zero attached hydrogens (tertiary/aromatic N) is 2. The molecule has 0 atom stereocenters. The van der Waals surface area contributed by atoms with Crippen molar-refractivity contribution in [1.82, 2.24) is 4.90 Å². The Balaban J connectivity index is 2.66. The highest BCUT2D eigenvalue weighted by molar-refractivity contribution is 9.10. The van der Waals surface area contributed by atoms with Gasteiger partial charge in [-0.05, 0) is 50.5 Å². The van der Waals surface area contributed by atoms with E-state index in [0.717, 1.165) is 0 Å². The van der Waals surface area contributed by atoms with Gasteiger partial charge in [0.1, 0.15) is 0 Å². The quantitative estimate of drug-likeness (QED) is 0.516. The fraction of sp³-hybridized carbons (Fsp3) is 0.300. The van der Waals surface area contributed by atoms with Crippen molar-refractivity contribution in [3.8, 4) is 0 Å². The minimum Gasteiger partial charge on any atom is -0.465 e. The standard InChI is InChI=1S/C20H23BrN2O6S/c1-22(2)8-9-23(17-7-5-6-16(21)13-17)30(26,27)18-11-14(19(24)28-3)10-15(12-18)20(25)29-4/h5-7,10-13H,8-9H2,1-4H3. The summed E-state index contributed by atoms with van der Waals surface area (Å²) < 4.78 is 38.5. The third-order valence-corrected chi connectivity index (χ3v) is 6.48. The van der Waals surface area contributed by atoms with Crippen molar-refractivity contribution < 1.29 is 27.5 Å². The molecule has 0 N–H and O–H groups in total. The molecule has 162 valence electrons. The predicted octanol–water partition coefficient (Wildman–Crippen LogP) is 2.78. The summed E-state index contributed by atoms with van der Waals surface area (Å²) in [4.78, 5) is 25.8. The Hall–Kier alpha value is -2.43. The number of likely N-dealkylation sites (N-methyl/N-ethyl adjacent to an activating group) is 1. The van der Waals surface area contributed by atoms with Gasteiger partial charge in [-0.25, -0.2) is 18.0 Å². The first-order valence-electron chi connectivity index (χ1n) is 8.85. The first-order chi connectivity index (χ1) is 14.1. The Morgan fingerprint density at radius 1 is 0.933 bits per heavy atom. The minimum absolute atomic E-state index is 0.0687. The number of carbonyl (C=O) groups excluding carboxylic acids is 2. The van der Waals surface area contributed by atoms with Crippen LogP contribution in [0.2, 0.25) is 0 Å². The number of carbonyl (C=O) groups is 2. The fourth-order valence-electron chi connectivity index (χ4n) is 2.66. The number of anilines is 1. The van der Waals surface area contributed by atoms with Gasteiger partial charge in [0.2, 0.25) is 0 Å². The van der Waals surface area contributed by atoms with Crippen LogP contribution in [0.1, 0.15) is 20.7 Å². The number of hydrogen-bond donors (Lipinski definition) is 0. The van der Waals surface area contributed by atoms with Crippen molar-refractivity contribution in [2.24, 2.45) is 0 Å². The van der Waals surface area contributed by atoms with Gasteiger partial charge in [-0.15, -0.1) is 0 Å². The molecule has 0 saturated heterocycles. The maximum atomic E-state index is 13.6. The lowest BCUT2D eigenvalue weighted by molar-refractivity contribution is 0.0598. The monoisotopic (exact) mass is 498 g/mol. The molecular formula is C20H23BrN2O6S. The van der Waals surface area contributed by atoms with Gasteiger partial charge in [0.05, 0.1) is 35.9 Å². The Bertz CT molecular complexity index is 1010. The third-order valence-electron chi connectivity index (χ3n) is 4.18. The highest BCUT2D eigenvalue weighted by atomic mass is 79.9. The average molecular weight is 499 g/mol. The second kappa shape index (κ2) is 10.1. The zero-order chi connectivity index (χ0) is 22.5. The first kappa shape index (κ1) is 23.8. The van der Waals surface area contributed by atoms with Crippen LogP contribution in [0.15, 0.2) is 51.8 Å². The highest BCUT2D eigenvalue weighted by Crippen LogP contribution is 2.28. The van der Waals surface area contributed by atoms with Crippen molar-refractivity contribution in [2.75, 3.05) is 45.7 Å². The maximum Gasteiger partial charge on any atom is 0.337 e. The summed E-state index contributed by atoms with van der Waals surface area (Å²) >= 11 is 3.36. The zero-order valence-corrected chi connectivity index (χ0v) is 19.5. The Morgan fingerprint density at radius 3 is 1.97 bits per heavy atom. The van der Waals surface area contributed by atoms with Crippen LogP contribution in [0.3, 0.4) is 0 Å². The molecule has 2 aromatic rings. The summed E-state index contributed by atoms with van der Waals surface area (Å²) in [7, 11) is 1.89. The SMILES string of the molecule is COC(=O)c1cc(C(=O)OC)cc(S(=O)(=O)N(CCN(C)C)c2cccc(Br)c2)c1. The summed E-state index contributed by atoms with van der Waals surface area (Å²) in [6.07, 6.45) is 0. The van der Waals surface area contributed by atoms with E-state index in [1.54, 1.807) is 24.3 Å². The summed E-state index contributed by atoms with van der Waals surface area (Å²) in [5.74, 6) is -1.53. The lowest BCUT2D eigenvalue weighted by Crippen LogP contribution is -2.37. The predicted molar refractivity (Wildman–Crippen MR) is 116 cm³/mol. The smallest absolute Gasteiger partial charge is 0.337 e. The van der Waals surface area contributed by atoms with Crippen LogP contribution in [-0.4, -0.2) is 66.7 Å². The van der Waals surface area contributed by atoms with Crippen molar-refractivity contribution >= 4 is 43.6 Å². The van der Waals surface area contributed by atoms with Crippen LogP contribution in [0.4, 0.5) is 5.69 Å². The van der Waals surface area contributed by atoms with Crippen LogP contribution in [0, 0.1) is 0 Å². The number of sulfonamides is 1. The molecule has 2 aromatic carbocycles. The molecule has 10 heteroatoms. The van der Waals surface area contributed by atoms with Crippen molar-refractivity contribution in [2.45, 2.75) is 4.90 Å². The van der Waals surface area contributed by atoms with Gasteiger partial charge in [-0.3, -0.25) is 4.31 Å². The molecule has 0 aliphatic carbocycles. The van der Waals surface area contributed by atoms with Gasteiger partial charge in [-0.2, -0.15) is 0 Å². The molecule has 8 nitrogen and oxygen atoms in total. The van der Waals surface area contributed by atoms with E-state index in [1.807, 2.05) is 19.0 Å². The number of hydrogen-bond acceptors (Lipinski definition) is 7.